The van der Waals surface area contributed by atoms with Gasteiger partial charge in [-0.2, -0.15) is 0 Å². The fraction of sp³-hybridized carbons (Fsp3) is 0.455. The summed E-state index contributed by atoms with van der Waals surface area (Å²) in [5, 5.41) is 3.31. The Kier molecular flexibility index (Phi) is 2.85. The molecule has 0 amide bonds. The molecular formula is C11H16N4. The lowest BCUT2D eigenvalue weighted by Gasteiger charge is -2.20. The molecule has 1 aromatic heterocycles. The van der Waals surface area contributed by atoms with Crippen LogP contribution in [0.25, 0.3) is 0 Å². The molecule has 1 aliphatic heterocycles. The van der Waals surface area contributed by atoms with E-state index < -0.39 is 0 Å². The molecule has 1 N–H and O–H groups in total. The lowest BCUT2D eigenvalue weighted by atomic mass is 10.2. The quantitative estimate of drug-likeness (QED) is 0.777. The van der Waals surface area contributed by atoms with Crippen molar-refractivity contribution in [3.63, 3.8) is 0 Å². The van der Waals surface area contributed by atoms with Gasteiger partial charge >= 0.3 is 0 Å². The van der Waals surface area contributed by atoms with E-state index in [0.717, 1.165) is 36.7 Å². The van der Waals surface area contributed by atoms with Crippen LogP contribution < -0.4 is 10.2 Å². The average molecular weight is 204 g/mol. The topological polar surface area (TPSA) is 40.5 Å². The van der Waals surface area contributed by atoms with Crippen LogP contribution in [0.15, 0.2) is 23.3 Å². The third-order valence-electron chi connectivity index (χ3n) is 2.36. The third-order valence-corrected chi connectivity index (χ3v) is 2.36. The first-order valence-electron chi connectivity index (χ1n) is 5.20. The fourth-order valence-electron chi connectivity index (χ4n) is 1.65. The first kappa shape index (κ1) is 9.96. The van der Waals surface area contributed by atoms with Crippen molar-refractivity contribution >= 4 is 11.7 Å². The predicted molar refractivity (Wildman–Crippen MR) is 62.6 cm³/mol. The second kappa shape index (κ2) is 4.29. The van der Waals surface area contributed by atoms with Crippen molar-refractivity contribution in [2.75, 3.05) is 32.1 Å². The summed E-state index contributed by atoms with van der Waals surface area (Å²) in [5.41, 5.74) is 1.09. The van der Waals surface area contributed by atoms with Crippen LogP contribution in [0.4, 0.5) is 5.82 Å². The number of aromatic nitrogens is 1. The molecular weight excluding hydrogens is 188 g/mol. The molecule has 15 heavy (non-hydrogen) atoms. The summed E-state index contributed by atoms with van der Waals surface area (Å²) in [4.78, 5) is 10.8. The van der Waals surface area contributed by atoms with Crippen molar-refractivity contribution in [3.8, 4) is 0 Å². The van der Waals surface area contributed by atoms with Gasteiger partial charge in [0.2, 0.25) is 0 Å². The molecule has 2 heterocycles. The first-order chi connectivity index (χ1) is 7.29. The van der Waals surface area contributed by atoms with E-state index in [-0.39, 0.29) is 0 Å². The van der Waals surface area contributed by atoms with Gasteiger partial charge in [0.05, 0.1) is 5.56 Å². The molecule has 4 nitrogen and oxygen atoms in total. The third kappa shape index (κ3) is 2.09. The monoisotopic (exact) mass is 204 g/mol. The highest BCUT2D eigenvalue weighted by Crippen LogP contribution is 2.15. The molecule has 0 saturated carbocycles. The summed E-state index contributed by atoms with van der Waals surface area (Å²) >= 11 is 0. The van der Waals surface area contributed by atoms with E-state index in [1.165, 1.54) is 0 Å². The van der Waals surface area contributed by atoms with Gasteiger partial charge in [-0.1, -0.05) is 0 Å². The van der Waals surface area contributed by atoms with Gasteiger partial charge < -0.3 is 10.2 Å². The number of nitrogens with zero attached hydrogens (tertiary/aromatic N) is 3. The van der Waals surface area contributed by atoms with Crippen molar-refractivity contribution < 1.29 is 0 Å². The van der Waals surface area contributed by atoms with Crippen LogP contribution in [-0.2, 0) is 0 Å². The van der Waals surface area contributed by atoms with E-state index in [2.05, 4.69) is 21.4 Å². The van der Waals surface area contributed by atoms with E-state index >= 15 is 0 Å². The average Bonchev–Trinajstić information content (AvgIpc) is 2.30. The highest BCUT2D eigenvalue weighted by atomic mass is 15.1. The lowest BCUT2D eigenvalue weighted by molar-refractivity contribution is 0.742. The Labute approximate surface area is 90.0 Å². The number of rotatable bonds is 2. The maximum Gasteiger partial charge on any atom is 0.139 e. The molecule has 0 unspecified atom stereocenters. The zero-order valence-corrected chi connectivity index (χ0v) is 9.20. The molecule has 2 rings (SSSR count). The number of hydrogen-bond acceptors (Lipinski definition) is 4. The van der Waals surface area contributed by atoms with Crippen LogP contribution in [0.2, 0.25) is 0 Å². The van der Waals surface area contributed by atoms with Crippen molar-refractivity contribution in [1.82, 2.24) is 10.3 Å². The number of pyridine rings is 1. The number of anilines is 1. The Balaban J connectivity index is 2.38. The Morgan fingerprint density at radius 3 is 2.93 bits per heavy atom. The molecule has 0 bridgehead atoms. The second-order valence-corrected chi connectivity index (χ2v) is 3.78. The normalized spacial score (nSPS) is 15.5. The molecule has 0 fully saturated rings. The number of hydrogen-bond donors (Lipinski definition) is 1. The van der Waals surface area contributed by atoms with E-state index in [1.54, 1.807) is 0 Å². The Morgan fingerprint density at radius 2 is 2.27 bits per heavy atom. The number of amidine groups is 1. The highest BCUT2D eigenvalue weighted by molar-refractivity contribution is 6.03. The molecule has 0 saturated heterocycles. The molecule has 0 radical (unpaired) electrons. The van der Waals surface area contributed by atoms with Crippen LogP contribution in [0, 0.1) is 0 Å². The SMILES string of the molecule is CN(C)c1ncccc1C1=NCCCN1. The van der Waals surface area contributed by atoms with Gasteiger partial charge in [-0.15, -0.1) is 0 Å². The van der Waals surface area contributed by atoms with Crippen molar-refractivity contribution in [2.45, 2.75) is 6.42 Å². The van der Waals surface area contributed by atoms with E-state index in [1.807, 2.05) is 31.3 Å². The van der Waals surface area contributed by atoms with Crippen LogP contribution in [0.5, 0.6) is 0 Å². The lowest BCUT2D eigenvalue weighted by Crippen LogP contribution is -2.31. The van der Waals surface area contributed by atoms with Gasteiger partial charge in [-0.25, -0.2) is 4.98 Å². The molecule has 0 spiro atoms. The van der Waals surface area contributed by atoms with Gasteiger partial charge in [-0.3, -0.25) is 4.99 Å². The molecule has 1 aromatic rings. The van der Waals surface area contributed by atoms with Crippen LogP contribution >= 0.6 is 0 Å². The Morgan fingerprint density at radius 1 is 1.40 bits per heavy atom. The van der Waals surface area contributed by atoms with Gasteiger partial charge in [0.25, 0.3) is 0 Å². The van der Waals surface area contributed by atoms with Crippen LogP contribution in [0.1, 0.15) is 12.0 Å². The van der Waals surface area contributed by atoms with Crippen molar-refractivity contribution in [2.24, 2.45) is 4.99 Å². The summed E-state index contributed by atoms with van der Waals surface area (Å²) in [6.45, 7) is 1.91. The van der Waals surface area contributed by atoms with Gasteiger partial charge in [0.15, 0.2) is 0 Å². The fourth-order valence-corrected chi connectivity index (χ4v) is 1.65. The standard InChI is InChI=1S/C11H16N4/c1-15(2)11-9(5-3-6-14-11)10-12-7-4-8-13-10/h3,5-6H,4,7-8H2,1-2H3,(H,12,13). The van der Waals surface area contributed by atoms with E-state index in [4.69, 9.17) is 0 Å². The molecule has 0 aromatic carbocycles. The maximum atomic E-state index is 4.48. The Hall–Kier alpha value is -1.58. The molecule has 1 aliphatic rings. The van der Waals surface area contributed by atoms with Gasteiger partial charge in [0, 0.05) is 33.4 Å². The van der Waals surface area contributed by atoms with E-state index in [9.17, 15) is 0 Å². The minimum absolute atomic E-state index is 0.907. The number of aliphatic imine (C=N–C) groups is 1. The van der Waals surface area contributed by atoms with Gasteiger partial charge in [-0.05, 0) is 18.6 Å². The summed E-state index contributed by atoms with van der Waals surface area (Å²) in [7, 11) is 3.99. The smallest absolute Gasteiger partial charge is 0.139 e. The van der Waals surface area contributed by atoms with Crippen molar-refractivity contribution in [3.05, 3.63) is 23.9 Å². The predicted octanol–water partition coefficient (Wildman–Crippen LogP) is 0.887. The van der Waals surface area contributed by atoms with Gasteiger partial charge in [0.1, 0.15) is 11.7 Å². The molecule has 0 aliphatic carbocycles. The second-order valence-electron chi connectivity index (χ2n) is 3.78. The molecule has 0 atom stereocenters. The zero-order chi connectivity index (χ0) is 10.7. The van der Waals surface area contributed by atoms with Crippen molar-refractivity contribution in [1.29, 1.82) is 0 Å². The maximum absolute atomic E-state index is 4.48. The zero-order valence-electron chi connectivity index (χ0n) is 9.20. The summed E-state index contributed by atoms with van der Waals surface area (Å²) in [5.74, 6) is 1.93. The summed E-state index contributed by atoms with van der Waals surface area (Å²) < 4.78 is 0. The minimum atomic E-state index is 0.907. The largest absolute Gasteiger partial charge is 0.370 e. The minimum Gasteiger partial charge on any atom is -0.370 e. The molecule has 80 valence electrons. The van der Waals surface area contributed by atoms with Crippen LogP contribution in [0.3, 0.4) is 0 Å². The summed E-state index contributed by atoms with van der Waals surface area (Å²) in [6.07, 6.45) is 2.92. The molecule has 4 heteroatoms. The highest BCUT2D eigenvalue weighted by Gasteiger charge is 2.13. The first-order valence-corrected chi connectivity index (χ1v) is 5.20. The van der Waals surface area contributed by atoms with E-state index in [0.29, 0.717) is 0 Å². The number of nitrogens with one attached hydrogen (secondary N) is 1. The summed E-state index contributed by atoms with van der Waals surface area (Å²) in [6, 6.07) is 4.00. The Bertz CT molecular complexity index is 371. The van der Waals surface area contributed by atoms with Crippen LogP contribution in [-0.4, -0.2) is 38.0 Å².